The van der Waals surface area contributed by atoms with Gasteiger partial charge in [0.25, 0.3) is 5.91 Å². The van der Waals surface area contributed by atoms with Gasteiger partial charge in [0.05, 0.1) is 7.11 Å². The molecule has 1 heterocycles. The van der Waals surface area contributed by atoms with Crippen LogP contribution in [0.5, 0.6) is 5.75 Å². The topological polar surface area (TPSA) is 55.6 Å². The number of methoxy groups -OCH3 is 1. The lowest BCUT2D eigenvalue weighted by atomic mass is 9.95. The average Bonchev–Trinajstić information content (AvgIpc) is 2.97. The number of carbonyl (C=O) groups is 1. The Balaban J connectivity index is 1.77. The fourth-order valence-corrected chi connectivity index (χ4v) is 2.99. The highest BCUT2D eigenvalue weighted by Crippen LogP contribution is 2.27. The van der Waals surface area contributed by atoms with Crippen molar-refractivity contribution >= 4 is 5.91 Å². The van der Waals surface area contributed by atoms with E-state index in [2.05, 4.69) is 12.1 Å². The Morgan fingerprint density at radius 3 is 2.64 bits per heavy atom. The van der Waals surface area contributed by atoms with Gasteiger partial charge in [-0.2, -0.15) is 0 Å². The fourth-order valence-electron chi connectivity index (χ4n) is 2.99. The zero-order valence-electron chi connectivity index (χ0n) is 12.6. The van der Waals surface area contributed by atoms with E-state index in [0.29, 0.717) is 24.4 Å². The van der Waals surface area contributed by atoms with Gasteiger partial charge in [-0.05, 0) is 23.8 Å². The summed E-state index contributed by atoms with van der Waals surface area (Å²) < 4.78 is 5.18. The monoisotopic (exact) mass is 296 g/mol. The number of hydrogen-bond donors (Lipinski definition) is 1. The molecule has 0 bridgehead atoms. The molecule has 4 heteroatoms. The smallest absolute Gasteiger partial charge is 0.254 e. The molecule has 2 aromatic carbocycles. The second-order valence-electron chi connectivity index (χ2n) is 5.62. The van der Waals surface area contributed by atoms with Gasteiger partial charge in [0, 0.05) is 30.6 Å². The van der Waals surface area contributed by atoms with Gasteiger partial charge in [0.15, 0.2) is 0 Å². The van der Waals surface area contributed by atoms with Crippen LogP contribution in [0.2, 0.25) is 0 Å². The maximum absolute atomic E-state index is 12.7. The third kappa shape index (κ3) is 2.83. The van der Waals surface area contributed by atoms with Crippen LogP contribution >= 0.6 is 0 Å². The first kappa shape index (κ1) is 14.6. The highest BCUT2D eigenvalue weighted by atomic mass is 16.5. The van der Waals surface area contributed by atoms with Gasteiger partial charge in [-0.25, -0.2) is 0 Å². The van der Waals surface area contributed by atoms with Crippen LogP contribution in [-0.2, 0) is 0 Å². The van der Waals surface area contributed by atoms with Crippen molar-refractivity contribution in [3.05, 3.63) is 65.7 Å². The Morgan fingerprint density at radius 2 is 1.91 bits per heavy atom. The van der Waals surface area contributed by atoms with Crippen LogP contribution in [0.15, 0.2) is 54.6 Å². The van der Waals surface area contributed by atoms with Crippen LogP contribution in [0.25, 0.3) is 0 Å². The van der Waals surface area contributed by atoms with Crippen molar-refractivity contribution in [3.8, 4) is 5.75 Å². The summed E-state index contributed by atoms with van der Waals surface area (Å²) in [4.78, 5) is 14.5. The maximum Gasteiger partial charge on any atom is 0.254 e. The summed E-state index contributed by atoms with van der Waals surface area (Å²) in [6, 6.07) is 17.4. The summed E-state index contributed by atoms with van der Waals surface area (Å²) in [6.07, 6.45) is 0. The highest BCUT2D eigenvalue weighted by Gasteiger charge is 2.34. The first-order chi connectivity index (χ1) is 10.7. The van der Waals surface area contributed by atoms with E-state index in [1.165, 1.54) is 5.56 Å². The van der Waals surface area contributed by atoms with Crippen molar-refractivity contribution in [1.29, 1.82) is 0 Å². The number of amides is 1. The van der Waals surface area contributed by atoms with Crippen LogP contribution in [0.3, 0.4) is 0 Å². The van der Waals surface area contributed by atoms with Crippen molar-refractivity contribution in [3.63, 3.8) is 0 Å². The molecule has 114 valence electrons. The third-order valence-electron chi connectivity index (χ3n) is 4.20. The normalized spacial score (nSPS) is 20.9. The minimum absolute atomic E-state index is 0.00720. The summed E-state index contributed by atoms with van der Waals surface area (Å²) in [7, 11) is 1.60. The van der Waals surface area contributed by atoms with Crippen molar-refractivity contribution < 1.29 is 9.53 Å². The van der Waals surface area contributed by atoms with Crippen molar-refractivity contribution in [2.75, 3.05) is 20.2 Å². The van der Waals surface area contributed by atoms with Gasteiger partial charge in [-0.3, -0.25) is 4.79 Å². The third-order valence-corrected chi connectivity index (χ3v) is 4.20. The Hall–Kier alpha value is -2.33. The Morgan fingerprint density at radius 1 is 1.14 bits per heavy atom. The molecule has 2 N–H and O–H groups in total. The molecule has 0 aliphatic carbocycles. The largest absolute Gasteiger partial charge is 0.497 e. The van der Waals surface area contributed by atoms with Crippen molar-refractivity contribution in [1.82, 2.24) is 4.90 Å². The first-order valence-corrected chi connectivity index (χ1v) is 7.43. The molecular formula is C18H20N2O2. The average molecular weight is 296 g/mol. The molecular weight excluding hydrogens is 276 g/mol. The zero-order chi connectivity index (χ0) is 15.5. The van der Waals surface area contributed by atoms with E-state index in [-0.39, 0.29) is 17.9 Å². The molecule has 4 nitrogen and oxygen atoms in total. The lowest BCUT2D eigenvalue weighted by Crippen LogP contribution is -2.32. The summed E-state index contributed by atoms with van der Waals surface area (Å²) in [5.41, 5.74) is 8.08. The number of ether oxygens (including phenoxy) is 1. The van der Waals surface area contributed by atoms with Gasteiger partial charge >= 0.3 is 0 Å². The van der Waals surface area contributed by atoms with Gasteiger partial charge in [-0.15, -0.1) is 0 Å². The van der Waals surface area contributed by atoms with Crippen LogP contribution in [-0.4, -0.2) is 37.0 Å². The summed E-state index contributed by atoms with van der Waals surface area (Å²) in [5, 5.41) is 0. The molecule has 3 rings (SSSR count). The molecule has 1 aliphatic heterocycles. The van der Waals surface area contributed by atoms with E-state index in [4.69, 9.17) is 10.5 Å². The molecule has 2 atom stereocenters. The van der Waals surface area contributed by atoms with Crippen LogP contribution < -0.4 is 10.5 Å². The standard InChI is InChI=1S/C18H20N2O2/c1-22-15-9-5-8-14(10-15)18(21)20-11-16(17(19)12-20)13-6-3-2-4-7-13/h2-10,16-17H,11-12,19H2,1H3/t16-,17+/m0/s1. The lowest BCUT2D eigenvalue weighted by Gasteiger charge is -2.17. The fraction of sp³-hybridized carbons (Fsp3) is 0.278. The number of hydrogen-bond acceptors (Lipinski definition) is 3. The van der Waals surface area contributed by atoms with Crippen molar-refractivity contribution in [2.24, 2.45) is 5.73 Å². The predicted molar refractivity (Wildman–Crippen MR) is 86.1 cm³/mol. The molecule has 1 fully saturated rings. The Labute approximate surface area is 130 Å². The number of carbonyl (C=O) groups excluding carboxylic acids is 1. The van der Waals surface area contributed by atoms with E-state index < -0.39 is 0 Å². The van der Waals surface area contributed by atoms with Crippen LogP contribution in [0.1, 0.15) is 21.8 Å². The van der Waals surface area contributed by atoms with Gasteiger partial charge in [0.1, 0.15) is 5.75 Å². The number of rotatable bonds is 3. The molecule has 22 heavy (non-hydrogen) atoms. The summed E-state index contributed by atoms with van der Waals surface area (Å²) in [5.74, 6) is 0.887. The quantitative estimate of drug-likeness (QED) is 0.945. The molecule has 1 amide bonds. The Kier molecular flexibility index (Phi) is 4.11. The molecule has 1 aliphatic rings. The van der Waals surface area contributed by atoms with Gasteiger partial charge in [-0.1, -0.05) is 36.4 Å². The predicted octanol–water partition coefficient (Wildman–Crippen LogP) is 2.26. The number of likely N-dealkylation sites (tertiary alicyclic amines) is 1. The van der Waals surface area contributed by atoms with E-state index in [1.807, 2.05) is 41.3 Å². The molecule has 0 spiro atoms. The van der Waals surface area contributed by atoms with Gasteiger partial charge < -0.3 is 15.4 Å². The molecule has 0 unspecified atom stereocenters. The molecule has 2 aromatic rings. The number of nitrogens with two attached hydrogens (primary N) is 1. The number of nitrogens with zero attached hydrogens (tertiary/aromatic N) is 1. The molecule has 0 saturated carbocycles. The Bertz CT molecular complexity index is 657. The van der Waals surface area contributed by atoms with Crippen LogP contribution in [0.4, 0.5) is 0 Å². The van der Waals surface area contributed by atoms with E-state index in [1.54, 1.807) is 13.2 Å². The van der Waals surface area contributed by atoms with Crippen LogP contribution in [0, 0.1) is 0 Å². The van der Waals surface area contributed by atoms with E-state index in [9.17, 15) is 4.79 Å². The van der Waals surface area contributed by atoms with E-state index in [0.717, 1.165) is 0 Å². The van der Waals surface area contributed by atoms with Gasteiger partial charge in [0.2, 0.25) is 0 Å². The second kappa shape index (κ2) is 6.20. The summed E-state index contributed by atoms with van der Waals surface area (Å²) >= 11 is 0. The molecule has 0 radical (unpaired) electrons. The zero-order valence-corrected chi connectivity index (χ0v) is 12.6. The van der Waals surface area contributed by atoms with E-state index >= 15 is 0 Å². The lowest BCUT2D eigenvalue weighted by molar-refractivity contribution is 0.0789. The first-order valence-electron chi connectivity index (χ1n) is 7.43. The second-order valence-corrected chi connectivity index (χ2v) is 5.62. The minimum atomic E-state index is -0.0306. The highest BCUT2D eigenvalue weighted by molar-refractivity contribution is 5.95. The van der Waals surface area contributed by atoms with Crippen molar-refractivity contribution in [2.45, 2.75) is 12.0 Å². The number of benzene rings is 2. The molecule has 1 saturated heterocycles. The minimum Gasteiger partial charge on any atom is -0.497 e. The SMILES string of the molecule is COc1cccc(C(=O)N2C[C@@H](N)[C@H](c3ccccc3)C2)c1. The maximum atomic E-state index is 12.7. The molecule has 0 aromatic heterocycles. The summed E-state index contributed by atoms with van der Waals surface area (Å²) in [6.45, 7) is 1.23.